The lowest BCUT2D eigenvalue weighted by atomic mass is 10.1. The Kier molecular flexibility index (Phi) is 6.28. The molecular weight excluding hydrogens is 448 g/mol. The zero-order valence-electron chi connectivity index (χ0n) is 17.9. The van der Waals surface area contributed by atoms with Crippen molar-refractivity contribution >= 4 is 32.7 Å². The summed E-state index contributed by atoms with van der Waals surface area (Å²) in [6.45, 7) is 3.15. The molecule has 1 saturated heterocycles. The van der Waals surface area contributed by atoms with Crippen molar-refractivity contribution in [1.82, 2.24) is 19.1 Å². The number of ether oxygens (including phenoxy) is 1. The van der Waals surface area contributed by atoms with Crippen LogP contribution in [0.3, 0.4) is 0 Å². The normalized spacial score (nSPS) is 14.8. The number of fused-ring (bicyclic) bond motifs is 1. The SMILES string of the molecule is Cc1cc(NC(=O)c2cc(=O)[nH]c3ccc(S(=O)(=O)N4CCOCC4)cc23)n(CCC#N)n1. The zero-order valence-corrected chi connectivity index (χ0v) is 18.7. The maximum absolute atomic E-state index is 13.1. The zero-order chi connectivity index (χ0) is 23.6. The summed E-state index contributed by atoms with van der Waals surface area (Å²) in [5.41, 5.74) is 0.518. The highest BCUT2D eigenvalue weighted by Crippen LogP contribution is 2.24. The summed E-state index contributed by atoms with van der Waals surface area (Å²) in [6.07, 6.45) is 0.209. The minimum atomic E-state index is -3.79. The van der Waals surface area contributed by atoms with Crippen molar-refractivity contribution in [1.29, 1.82) is 5.26 Å². The van der Waals surface area contributed by atoms with E-state index in [9.17, 15) is 18.0 Å². The number of nitrogens with one attached hydrogen (secondary N) is 2. The molecule has 0 radical (unpaired) electrons. The number of nitrogens with zero attached hydrogens (tertiary/aromatic N) is 4. The van der Waals surface area contributed by atoms with Gasteiger partial charge in [0.25, 0.3) is 5.91 Å². The maximum atomic E-state index is 13.1. The van der Waals surface area contributed by atoms with E-state index in [2.05, 4.69) is 15.4 Å². The van der Waals surface area contributed by atoms with Crippen LogP contribution in [0.4, 0.5) is 5.82 Å². The van der Waals surface area contributed by atoms with E-state index in [1.807, 2.05) is 6.07 Å². The molecule has 0 unspecified atom stereocenters. The molecule has 4 rings (SSSR count). The van der Waals surface area contributed by atoms with Crippen LogP contribution >= 0.6 is 0 Å². The second-order valence-corrected chi connectivity index (χ2v) is 9.47. The van der Waals surface area contributed by atoms with Gasteiger partial charge in [0.05, 0.1) is 48.4 Å². The van der Waals surface area contributed by atoms with Crippen LogP contribution in [0.1, 0.15) is 22.5 Å². The quantitative estimate of drug-likeness (QED) is 0.550. The smallest absolute Gasteiger partial charge is 0.257 e. The molecule has 3 heterocycles. The second kappa shape index (κ2) is 9.14. The fraction of sp³-hybridized carbons (Fsp3) is 0.333. The van der Waals surface area contributed by atoms with E-state index >= 15 is 0 Å². The number of rotatable bonds is 6. The third-order valence-electron chi connectivity index (χ3n) is 5.25. The molecule has 0 bridgehead atoms. The Labute approximate surface area is 189 Å². The highest BCUT2D eigenvalue weighted by atomic mass is 32.2. The predicted molar refractivity (Wildman–Crippen MR) is 119 cm³/mol. The molecule has 0 atom stereocenters. The van der Waals surface area contributed by atoms with Crippen LogP contribution in [0.2, 0.25) is 0 Å². The topological polar surface area (TPSA) is 150 Å². The van der Waals surface area contributed by atoms with Gasteiger partial charge >= 0.3 is 0 Å². The van der Waals surface area contributed by atoms with Crippen LogP contribution in [0.15, 0.2) is 40.0 Å². The van der Waals surface area contributed by atoms with Crippen molar-refractivity contribution in [3.63, 3.8) is 0 Å². The fourth-order valence-corrected chi connectivity index (χ4v) is 5.11. The van der Waals surface area contributed by atoms with Crippen LogP contribution in [0.5, 0.6) is 0 Å². The Balaban J connectivity index is 1.73. The Morgan fingerprint density at radius 2 is 2.03 bits per heavy atom. The number of aromatic nitrogens is 3. The van der Waals surface area contributed by atoms with Crippen LogP contribution in [-0.4, -0.2) is 59.7 Å². The monoisotopic (exact) mass is 470 g/mol. The van der Waals surface area contributed by atoms with E-state index in [4.69, 9.17) is 10.00 Å². The molecule has 172 valence electrons. The lowest BCUT2D eigenvalue weighted by molar-refractivity contribution is 0.0730. The van der Waals surface area contributed by atoms with Gasteiger partial charge in [-0.1, -0.05) is 0 Å². The molecule has 1 aliphatic rings. The van der Waals surface area contributed by atoms with Crippen LogP contribution in [0.25, 0.3) is 10.9 Å². The van der Waals surface area contributed by atoms with E-state index in [1.54, 1.807) is 13.0 Å². The minimum absolute atomic E-state index is 0.0212. The molecule has 2 aromatic heterocycles. The van der Waals surface area contributed by atoms with Crippen molar-refractivity contribution in [2.45, 2.75) is 24.8 Å². The second-order valence-electron chi connectivity index (χ2n) is 7.53. The lowest BCUT2D eigenvalue weighted by Gasteiger charge is -2.26. The van der Waals surface area contributed by atoms with Gasteiger partial charge in [-0.3, -0.25) is 9.59 Å². The number of morpholine rings is 1. The number of anilines is 1. The molecule has 1 aliphatic heterocycles. The minimum Gasteiger partial charge on any atom is -0.379 e. The first kappa shape index (κ1) is 22.7. The van der Waals surface area contributed by atoms with Gasteiger partial charge in [0.15, 0.2) is 0 Å². The van der Waals surface area contributed by atoms with E-state index in [0.29, 0.717) is 35.6 Å². The molecule has 1 aromatic carbocycles. The highest BCUT2D eigenvalue weighted by molar-refractivity contribution is 7.89. The fourth-order valence-electron chi connectivity index (χ4n) is 3.67. The average molecular weight is 471 g/mol. The van der Waals surface area contributed by atoms with Crippen molar-refractivity contribution < 1.29 is 17.9 Å². The Hall–Kier alpha value is -3.53. The standard InChI is InChI=1S/C21H22N6O5S/c1-14-11-19(27(25-14)6-2-5-22)24-21(29)17-13-20(28)23-18-4-3-15(12-16(17)18)33(30,31)26-7-9-32-10-8-26/h3-4,11-13H,2,6-10H2,1H3,(H,23,28)(H,24,29). The molecule has 33 heavy (non-hydrogen) atoms. The van der Waals surface area contributed by atoms with E-state index in [0.717, 1.165) is 6.07 Å². The van der Waals surface area contributed by atoms with Crippen molar-refractivity contribution in [3.8, 4) is 6.07 Å². The summed E-state index contributed by atoms with van der Waals surface area (Å²) in [5, 5.41) is 16.1. The first-order valence-electron chi connectivity index (χ1n) is 10.3. The molecule has 12 heteroatoms. The van der Waals surface area contributed by atoms with Crippen LogP contribution < -0.4 is 10.9 Å². The number of nitriles is 1. The number of benzene rings is 1. The molecule has 3 aromatic rings. The van der Waals surface area contributed by atoms with E-state index in [1.165, 1.54) is 27.2 Å². The van der Waals surface area contributed by atoms with E-state index in [-0.39, 0.29) is 36.5 Å². The number of sulfonamides is 1. The number of hydrogen-bond acceptors (Lipinski definition) is 7. The van der Waals surface area contributed by atoms with Crippen molar-refractivity contribution in [2.75, 3.05) is 31.6 Å². The van der Waals surface area contributed by atoms with Gasteiger partial charge in [-0.15, -0.1) is 0 Å². The first-order chi connectivity index (χ1) is 15.8. The van der Waals surface area contributed by atoms with Gasteiger partial charge in [-0.2, -0.15) is 14.7 Å². The summed E-state index contributed by atoms with van der Waals surface area (Å²) >= 11 is 0. The highest BCUT2D eigenvalue weighted by Gasteiger charge is 2.27. The van der Waals surface area contributed by atoms with Crippen molar-refractivity contribution in [3.05, 3.63) is 51.9 Å². The number of aromatic amines is 1. The van der Waals surface area contributed by atoms with Gasteiger partial charge in [0.1, 0.15) is 5.82 Å². The number of aryl methyl sites for hydroxylation is 2. The Morgan fingerprint density at radius 1 is 1.27 bits per heavy atom. The summed E-state index contributed by atoms with van der Waals surface area (Å²) in [5.74, 6) is -0.219. The number of carbonyl (C=O) groups is 1. The Bertz CT molecular complexity index is 1410. The largest absolute Gasteiger partial charge is 0.379 e. The van der Waals surface area contributed by atoms with Gasteiger partial charge < -0.3 is 15.0 Å². The summed E-state index contributed by atoms with van der Waals surface area (Å²) < 4.78 is 34.2. The summed E-state index contributed by atoms with van der Waals surface area (Å²) in [7, 11) is -3.79. The molecule has 0 aliphatic carbocycles. The lowest BCUT2D eigenvalue weighted by Crippen LogP contribution is -2.40. The molecule has 0 spiro atoms. The van der Waals surface area contributed by atoms with Gasteiger partial charge in [0, 0.05) is 36.1 Å². The van der Waals surface area contributed by atoms with Crippen LogP contribution in [0, 0.1) is 18.3 Å². The third kappa shape index (κ3) is 4.65. The molecule has 11 nitrogen and oxygen atoms in total. The number of amides is 1. The maximum Gasteiger partial charge on any atom is 0.257 e. The Morgan fingerprint density at radius 3 is 2.76 bits per heavy atom. The third-order valence-corrected chi connectivity index (χ3v) is 7.14. The number of H-pyrrole nitrogens is 1. The predicted octanol–water partition coefficient (Wildman–Crippen LogP) is 1.22. The molecule has 2 N–H and O–H groups in total. The van der Waals surface area contributed by atoms with Gasteiger partial charge in [-0.25, -0.2) is 13.1 Å². The van der Waals surface area contributed by atoms with Crippen LogP contribution in [-0.2, 0) is 21.3 Å². The summed E-state index contributed by atoms with van der Waals surface area (Å²) in [4.78, 5) is 28.0. The molecular formula is C21H22N6O5S. The first-order valence-corrected chi connectivity index (χ1v) is 11.7. The number of hydrogen-bond donors (Lipinski definition) is 2. The van der Waals surface area contributed by atoms with Crippen molar-refractivity contribution in [2.24, 2.45) is 0 Å². The molecule has 1 amide bonds. The number of carbonyl (C=O) groups excluding carboxylic acids is 1. The van der Waals surface area contributed by atoms with Gasteiger partial charge in [0.2, 0.25) is 15.6 Å². The van der Waals surface area contributed by atoms with E-state index < -0.39 is 21.5 Å². The van der Waals surface area contributed by atoms with Gasteiger partial charge in [-0.05, 0) is 25.1 Å². The average Bonchev–Trinajstić information content (AvgIpc) is 3.15. The summed E-state index contributed by atoms with van der Waals surface area (Å²) in [6, 6.07) is 9.09. The molecule has 0 saturated carbocycles. The number of pyridine rings is 1. The molecule has 1 fully saturated rings.